The molecule has 1 unspecified atom stereocenters. The number of hydrogen-bond donors (Lipinski definition) is 2. The van der Waals surface area contributed by atoms with E-state index in [-0.39, 0.29) is 23.1 Å². The minimum atomic E-state index is -0.464. The summed E-state index contributed by atoms with van der Waals surface area (Å²) in [7, 11) is 0. The number of piperidine rings is 1. The van der Waals surface area contributed by atoms with Crippen LogP contribution in [0.25, 0.3) is 11.3 Å². The van der Waals surface area contributed by atoms with Crippen LogP contribution in [-0.2, 0) is 22.6 Å². The average Bonchev–Trinajstić information content (AvgIpc) is 3.22. The Morgan fingerprint density at radius 1 is 1.30 bits per heavy atom. The first kappa shape index (κ1) is 23.3. The molecule has 2 aromatic rings. The maximum atomic E-state index is 12.7. The number of primary amides is 1. The van der Waals surface area contributed by atoms with Crippen LogP contribution < -0.4 is 11.1 Å². The third kappa shape index (κ3) is 4.90. The summed E-state index contributed by atoms with van der Waals surface area (Å²) in [4.78, 5) is 42.5. The molecule has 33 heavy (non-hydrogen) atoms. The van der Waals surface area contributed by atoms with E-state index >= 15 is 0 Å². The summed E-state index contributed by atoms with van der Waals surface area (Å²) in [5.74, 6) is -0.0443. The Morgan fingerprint density at radius 2 is 2.06 bits per heavy atom. The summed E-state index contributed by atoms with van der Waals surface area (Å²) in [6.45, 7) is 7.94. The van der Waals surface area contributed by atoms with E-state index in [0.717, 1.165) is 43.7 Å². The normalized spacial score (nSPS) is 19.3. The van der Waals surface area contributed by atoms with Crippen LogP contribution in [0.2, 0.25) is 5.02 Å². The number of likely N-dealkylation sites (tertiary alicyclic amines) is 1. The van der Waals surface area contributed by atoms with Crippen molar-refractivity contribution in [1.82, 2.24) is 14.5 Å². The van der Waals surface area contributed by atoms with E-state index in [0.29, 0.717) is 34.9 Å². The van der Waals surface area contributed by atoms with Gasteiger partial charge in [0, 0.05) is 50.4 Å². The van der Waals surface area contributed by atoms with E-state index < -0.39 is 5.91 Å². The van der Waals surface area contributed by atoms with Crippen molar-refractivity contribution in [3.8, 4) is 11.3 Å². The fourth-order valence-electron chi connectivity index (χ4n) is 5.01. The summed E-state index contributed by atoms with van der Waals surface area (Å²) in [6.07, 6.45) is 4.39. The molecule has 3 amide bonds. The molecule has 0 aliphatic carbocycles. The van der Waals surface area contributed by atoms with Gasteiger partial charge in [-0.05, 0) is 42.7 Å². The monoisotopic (exact) mass is 471 g/mol. The van der Waals surface area contributed by atoms with Crippen LogP contribution in [0.5, 0.6) is 0 Å². The summed E-state index contributed by atoms with van der Waals surface area (Å²) in [5.41, 5.74) is 8.53. The number of nitrogens with zero attached hydrogens (tertiary/aromatic N) is 3. The minimum absolute atomic E-state index is 0.000152. The van der Waals surface area contributed by atoms with Crippen molar-refractivity contribution in [2.75, 3.05) is 18.4 Å². The highest BCUT2D eigenvalue weighted by Gasteiger charge is 2.34. The molecule has 1 saturated heterocycles. The Labute approximate surface area is 198 Å². The van der Waals surface area contributed by atoms with Gasteiger partial charge in [0.2, 0.25) is 11.8 Å². The Balaban J connectivity index is 1.55. The number of rotatable bonds is 5. The summed E-state index contributed by atoms with van der Waals surface area (Å²) in [5, 5.41) is 3.30. The number of fused-ring (bicyclic) bond motifs is 1. The number of pyridine rings is 1. The van der Waals surface area contributed by atoms with Gasteiger partial charge in [0.25, 0.3) is 5.91 Å². The number of halogens is 1. The third-order valence-corrected chi connectivity index (χ3v) is 6.84. The van der Waals surface area contributed by atoms with Gasteiger partial charge in [0.15, 0.2) is 0 Å². The molecule has 176 valence electrons. The fourth-order valence-corrected chi connectivity index (χ4v) is 5.21. The van der Waals surface area contributed by atoms with Gasteiger partial charge < -0.3 is 20.5 Å². The fraction of sp³-hybridized carbons (Fsp3) is 0.500. The minimum Gasteiger partial charge on any atom is -0.366 e. The van der Waals surface area contributed by atoms with Crippen molar-refractivity contribution in [2.45, 2.75) is 53.0 Å². The number of aromatic nitrogens is 2. The van der Waals surface area contributed by atoms with Crippen LogP contribution in [0.1, 0.15) is 56.1 Å². The van der Waals surface area contributed by atoms with Gasteiger partial charge in [0.05, 0.1) is 16.3 Å². The van der Waals surface area contributed by atoms with Gasteiger partial charge in [-0.1, -0.05) is 25.4 Å². The van der Waals surface area contributed by atoms with E-state index in [1.807, 2.05) is 0 Å². The maximum Gasteiger partial charge on any atom is 0.250 e. The van der Waals surface area contributed by atoms with Crippen molar-refractivity contribution in [1.29, 1.82) is 0 Å². The van der Waals surface area contributed by atoms with Crippen molar-refractivity contribution in [3.63, 3.8) is 0 Å². The number of carbonyl (C=O) groups is 3. The Bertz CT molecular complexity index is 1120. The lowest BCUT2D eigenvalue weighted by atomic mass is 9.90. The lowest BCUT2D eigenvalue weighted by Crippen LogP contribution is -2.39. The molecule has 0 aromatic carbocycles. The molecule has 4 rings (SSSR count). The molecule has 9 heteroatoms. The predicted octanol–water partition coefficient (Wildman–Crippen LogP) is 3.47. The van der Waals surface area contributed by atoms with Gasteiger partial charge in [-0.3, -0.25) is 14.4 Å². The van der Waals surface area contributed by atoms with Gasteiger partial charge in [-0.2, -0.15) is 0 Å². The van der Waals surface area contributed by atoms with Crippen molar-refractivity contribution < 1.29 is 14.4 Å². The van der Waals surface area contributed by atoms with Crippen molar-refractivity contribution >= 4 is 35.1 Å². The van der Waals surface area contributed by atoms with Crippen LogP contribution in [0, 0.1) is 11.3 Å². The number of amides is 3. The molecule has 2 aliphatic rings. The second-order valence-electron chi connectivity index (χ2n) is 9.96. The second kappa shape index (κ2) is 8.82. The quantitative estimate of drug-likeness (QED) is 0.695. The van der Waals surface area contributed by atoms with Crippen LogP contribution in [0.4, 0.5) is 5.82 Å². The van der Waals surface area contributed by atoms with Gasteiger partial charge in [0.1, 0.15) is 5.82 Å². The van der Waals surface area contributed by atoms with E-state index in [2.05, 4.69) is 28.7 Å². The summed E-state index contributed by atoms with van der Waals surface area (Å²) >= 11 is 6.49. The molecule has 0 bridgehead atoms. The Kier molecular flexibility index (Phi) is 6.22. The molecule has 0 spiro atoms. The molecule has 2 aliphatic heterocycles. The average molecular weight is 472 g/mol. The molecule has 0 saturated carbocycles. The molecule has 3 N–H and O–H groups in total. The lowest BCUT2D eigenvalue weighted by molar-refractivity contribution is -0.131. The number of nitrogens with one attached hydrogen (secondary N) is 1. The molecule has 1 atom stereocenters. The van der Waals surface area contributed by atoms with Gasteiger partial charge >= 0.3 is 0 Å². The second-order valence-corrected chi connectivity index (χ2v) is 10.4. The number of anilines is 1. The lowest BCUT2D eigenvalue weighted by Gasteiger charge is -2.31. The maximum absolute atomic E-state index is 12.7. The first-order valence-corrected chi connectivity index (χ1v) is 11.7. The zero-order valence-corrected chi connectivity index (χ0v) is 20.0. The Morgan fingerprint density at radius 3 is 2.76 bits per heavy atom. The molecular weight excluding hydrogens is 442 g/mol. The smallest absolute Gasteiger partial charge is 0.250 e. The highest BCUT2D eigenvalue weighted by molar-refractivity contribution is 6.33. The molecule has 4 heterocycles. The van der Waals surface area contributed by atoms with Gasteiger partial charge in [-0.15, -0.1) is 0 Å². The molecular formula is C24H30ClN5O3. The highest BCUT2D eigenvalue weighted by Crippen LogP contribution is 2.41. The first-order chi connectivity index (χ1) is 15.5. The summed E-state index contributed by atoms with van der Waals surface area (Å²) in [6, 6.07) is 3.51. The van der Waals surface area contributed by atoms with Crippen LogP contribution in [-0.4, -0.2) is 45.3 Å². The number of hydrogen-bond acceptors (Lipinski definition) is 4. The van der Waals surface area contributed by atoms with Crippen molar-refractivity contribution in [2.24, 2.45) is 17.1 Å². The highest BCUT2D eigenvalue weighted by atomic mass is 35.5. The van der Waals surface area contributed by atoms with Gasteiger partial charge in [-0.25, -0.2) is 4.98 Å². The van der Waals surface area contributed by atoms with Crippen molar-refractivity contribution in [3.05, 3.63) is 34.6 Å². The molecule has 0 radical (unpaired) electrons. The predicted molar refractivity (Wildman–Crippen MR) is 127 cm³/mol. The number of carbonyl (C=O) groups excluding carboxylic acids is 3. The molecule has 1 fully saturated rings. The zero-order valence-electron chi connectivity index (χ0n) is 19.3. The standard InChI is InChI=1S/C24H30ClN5O3/c1-14(31)29-6-4-5-15(12-29)7-22(32)28-21-9-16(18(25)11-27-21)19-8-17(23(26)33)20-10-24(2,3)13-30(19)20/h8-9,11,15H,4-7,10,12-13H2,1-3H3,(H2,26,33)(H,27,28,32). The zero-order chi connectivity index (χ0) is 23.9. The van der Waals surface area contributed by atoms with E-state index in [1.54, 1.807) is 24.0 Å². The molecule has 2 aromatic heterocycles. The van der Waals surface area contributed by atoms with Crippen LogP contribution in [0.15, 0.2) is 18.3 Å². The molecule has 8 nitrogen and oxygen atoms in total. The number of nitrogens with two attached hydrogens (primary N) is 1. The van der Waals surface area contributed by atoms with E-state index in [1.165, 1.54) is 6.20 Å². The first-order valence-electron chi connectivity index (χ1n) is 11.3. The van der Waals surface area contributed by atoms with E-state index in [9.17, 15) is 14.4 Å². The largest absolute Gasteiger partial charge is 0.366 e. The summed E-state index contributed by atoms with van der Waals surface area (Å²) < 4.78 is 2.09. The van der Waals surface area contributed by atoms with E-state index in [4.69, 9.17) is 17.3 Å². The third-order valence-electron chi connectivity index (χ3n) is 6.54. The van der Waals surface area contributed by atoms with Crippen LogP contribution in [0.3, 0.4) is 0 Å². The SMILES string of the molecule is CC(=O)N1CCCC(CC(=O)Nc2cc(-c3cc(C(N)=O)c4n3CC(C)(C)C4)c(Cl)cn2)C1. The Hall–Kier alpha value is -2.87. The van der Waals surface area contributed by atoms with Crippen LogP contribution >= 0.6 is 11.6 Å². The topological polar surface area (TPSA) is 110 Å².